The quantitative estimate of drug-likeness (QED) is 0.240. The van der Waals surface area contributed by atoms with Gasteiger partial charge in [-0.05, 0) is 68.3 Å². The molecule has 0 saturated heterocycles. The van der Waals surface area contributed by atoms with E-state index >= 15 is 0 Å². The molecule has 4 heteroatoms. The Balaban J connectivity index is 1.42. The lowest BCUT2D eigenvalue weighted by Crippen LogP contribution is -2.05. The van der Waals surface area contributed by atoms with Crippen LogP contribution in [0.2, 0.25) is 0 Å². The smallest absolute Gasteiger partial charge is 0.168 e. The number of aryl methyl sites for hydroxylation is 3. The molecule has 0 saturated carbocycles. The molecule has 0 fully saturated rings. The van der Waals surface area contributed by atoms with Gasteiger partial charge in [-0.2, -0.15) is 0 Å². The molecule has 0 aliphatic heterocycles. The maximum atomic E-state index is 4.74. The molecule has 2 heterocycles. The maximum absolute atomic E-state index is 4.74. The molecule has 0 amide bonds. The summed E-state index contributed by atoms with van der Waals surface area (Å²) in [7, 11) is 0. The Morgan fingerprint density at radius 2 is 0.974 bits per heavy atom. The van der Waals surface area contributed by atoms with Crippen molar-refractivity contribution in [2.75, 3.05) is 0 Å². The zero-order valence-electron chi connectivity index (χ0n) is 22.3. The van der Waals surface area contributed by atoms with E-state index in [4.69, 9.17) is 10.2 Å². The fourth-order valence-electron chi connectivity index (χ4n) is 5.94. The first-order valence-corrected chi connectivity index (χ1v) is 13.3. The van der Waals surface area contributed by atoms with E-state index in [1.807, 2.05) is 18.2 Å². The highest BCUT2D eigenvalue weighted by molar-refractivity contribution is 6.09. The van der Waals surface area contributed by atoms with Crippen LogP contribution in [-0.2, 0) is 0 Å². The minimum absolute atomic E-state index is 0.831. The highest BCUT2D eigenvalue weighted by atomic mass is 15.3. The Kier molecular flexibility index (Phi) is 5.41. The summed E-state index contributed by atoms with van der Waals surface area (Å²) in [5, 5.41) is 12.0. The van der Waals surface area contributed by atoms with E-state index in [-0.39, 0.29) is 0 Å². The van der Waals surface area contributed by atoms with Gasteiger partial charge < -0.3 is 4.57 Å². The second-order valence-electron chi connectivity index (χ2n) is 10.2. The van der Waals surface area contributed by atoms with Crippen LogP contribution in [0.15, 0.2) is 115 Å². The van der Waals surface area contributed by atoms with Crippen molar-refractivity contribution < 1.29 is 0 Å². The van der Waals surface area contributed by atoms with Gasteiger partial charge in [-0.25, -0.2) is 0 Å². The first kappa shape index (κ1) is 23.2. The predicted octanol–water partition coefficient (Wildman–Crippen LogP) is 8.62. The van der Waals surface area contributed by atoms with Crippen LogP contribution in [0.5, 0.6) is 0 Å². The Morgan fingerprint density at radius 3 is 1.54 bits per heavy atom. The van der Waals surface area contributed by atoms with Gasteiger partial charge in [0.1, 0.15) is 0 Å². The van der Waals surface area contributed by atoms with Crippen molar-refractivity contribution in [1.82, 2.24) is 19.3 Å². The predicted molar refractivity (Wildman–Crippen MR) is 161 cm³/mol. The van der Waals surface area contributed by atoms with E-state index in [1.54, 1.807) is 0 Å². The summed E-state index contributed by atoms with van der Waals surface area (Å²) >= 11 is 0. The number of hydrogen-bond donors (Lipinski definition) is 0. The molecule has 0 aliphatic carbocycles. The molecule has 0 N–H and O–H groups in total. The van der Waals surface area contributed by atoms with Gasteiger partial charge in [0.2, 0.25) is 0 Å². The monoisotopic (exact) mass is 504 g/mol. The molecule has 188 valence electrons. The SMILES string of the molecule is Cc1cc(C)c(-n2c(-c3ccccc3)nnc2-c2ccc(-n3c4ccccc4c4ccccc43)cc2)c(C)c1. The van der Waals surface area contributed by atoms with Crippen molar-refractivity contribution in [3.63, 3.8) is 0 Å². The second kappa shape index (κ2) is 9.10. The molecule has 0 bridgehead atoms. The lowest BCUT2D eigenvalue weighted by molar-refractivity contribution is 1.03. The zero-order chi connectivity index (χ0) is 26.5. The number of aromatic nitrogens is 4. The second-order valence-corrected chi connectivity index (χ2v) is 10.2. The number of fused-ring (bicyclic) bond motifs is 3. The molecule has 7 aromatic rings. The first-order valence-electron chi connectivity index (χ1n) is 13.3. The van der Waals surface area contributed by atoms with E-state index < -0.39 is 0 Å². The van der Waals surface area contributed by atoms with Gasteiger partial charge in [-0.1, -0.05) is 84.4 Å². The van der Waals surface area contributed by atoms with E-state index in [9.17, 15) is 0 Å². The van der Waals surface area contributed by atoms with Gasteiger partial charge in [-0.3, -0.25) is 4.57 Å². The van der Waals surface area contributed by atoms with Gasteiger partial charge in [0.25, 0.3) is 0 Å². The van der Waals surface area contributed by atoms with Crippen LogP contribution in [0.3, 0.4) is 0 Å². The molecule has 4 nitrogen and oxygen atoms in total. The summed E-state index contributed by atoms with van der Waals surface area (Å²) in [6.45, 7) is 6.47. The average molecular weight is 505 g/mol. The number of para-hydroxylation sites is 2. The fourth-order valence-corrected chi connectivity index (χ4v) is 5.94. The molecule has 2 aromatic heterocycles. The average Bonchev–Trinajstić information content (AvgIpc) is 3.53. The Labute approximate surface area is 227 Å². The molecule has 0 radical (unpaired) electrons. The van der Waals surface area contributed by atoms with Gasteiger partial charge in [0, 0.05) is 27.6 Å². The molecule has 0 unspecified atom stereocenters. The van der Waals surface area contributed by atoms with Crippen LogP contribution in [-0.4, -0.2) is 19.3 Å². The summed E-state index contributed by atoms with van der Waals surface area (Å²) < 4.78 is 4.55. The van der Waals surface area contributed by atoms with E-state index in [2.05, 4.69) is 127 Å². The minimum Gasteiger partial charge on any atom is -0.309 e. The van der Waals surface area contributed by atoms with Gasteiger partial charge in [-0.15, -0.1) is 10.2 Å². The third-order valence-corrected chi connectivity index (χ3v) is 7.52. The maximum Gasteiger partial charge on any atom is 0.168 e. The fraction of sp³-hybridized carbons (Fsp3) is 0.0857. The van der Waals surface area contributed by atoms with Crippen molar-refractivity contribution in [2.24, 2.45) is 0 Å². The molecular weight excluding hydrogens is 476 g/mol. The molecular formula is C35H28N4. The number of rotatable bonds is 4. The Hall–Kier alpha value is -4.96. The van der Waals surface area contributed by atoms with Crippen molar-refractivity contribution in [1.29, 1.82) is 0 Å². The summed E-state index contributed by atoms with van der Waals surface area (Å²) in [4.78, 5) is 0. The lowest BCUT2D eigenvalue weighted by atomic mass is 10.0. The Morgan fingerprint density at radius 1 is 0.487 bits per heavy atom. The van der Waals surface area contributed by atoms with Gasteiger partial charge in [0.15, 0.2) is 11.6 Å². The molecule has 0 spiro atoms. The van der Waals surface area contributed by atoms with Crippen LogP contribution in [0.25, 0.3) is 56.0 Å². The number of nitrogens with zero attached hydrogens (tertiary/aromatic N) is 4. The van der Waals surface area contributed by atoms with Crippen molar-refractivity contribution in [3.8, 4) is 34.2 Å². The van der Waals surface area contributed by atoms with Crippen LogP contribution in [0.4, 0.5) is 0 Å². The van der Waals surface area contributed by atoms with E-state index in [0.717, 1.165) is 34.2 Å². The van der Waals surface area contributed by atoms with Crippen molar-refractivity contribution in [3.05, 3.63) is 132 Å². The van der Waals surface area contributed by atoms with Crippen LogP contribution >= 0.6 is 0 Å². The molecule has 7 rings (SSSR count). The number of benzene rings is 5. The normalized spacial score (nSPS) is 11.5. The molecule has 39 heavy (non-hydrogen) atoms. The standard InChI is InChI=1S/C35H28N4/c1-23-21-24(2)33(25(3)22-23)39-34(26-11-5-4-6-12-26)36-37-35(39)27-17-19-28(20-18-27)38-31-15-9-7-13-29(31)30-14-8-10-16-32(30)38/h4-22H,1-3H3. The van der Waals surface area contributed by atoms with Crippen LogP contribution in [0.1, 0.15) is 16.7 Å². The van der Waals surface area contributed by atoms with Crippen LogP contribution in [0, 0.1) is 20.8 Å². The Bertz CT molecular complexity index is 1900. The molecule has 5 aromatic carbocycles. The van der Waals surface area contributed by atoms with Gasteiger partial charge in [0.05, 0.1) is 16.7 Å². The lowest BCUT2D eigenvalue weighted by Gasteiger charge is -2.17. The highest BCUT2D eigenvalue weighted by Crippen LogP contribution is 2.35. The minimum atomic E-state index is 0.831. The summed E-state index contributed by atoms with van der Waals surface area (Å²) in [5.41, 5.74) is 10.4. The topological polar surface area (TPSA) is 35.6 Å². The van der Waals surface area contributed by atoms with E-state index in [1.165, 1.54) is 38.5 Å². The van der Waals surface area contributed by atoms with Crippen LogP contribution < -0.4 is 0 Å². The summed E-state index contributed by atoms with van der Waals surface area (Å²) in [6, 6.07) is 40.6. The molecule has 0 atom stereocenters. The highest BCUT2D eigenvalue weighted by Gasteiger charge is 2.20. The third kappa shape index (κ3) is 3.76. The largest absolute Gasteiger partial charge is 0.309 e. The van der Waals surface area contributed by atoms with E-state index in [0.29, 0.717) is 0 Å². The zero-order valence-corrected chi connectivity index (χ0v) is 22.3. The summed E-state index contributed by atoms with van der Waals surface area (Å²) in [6.07, 6.45) is 0. The first-order chi connectivity index (χ1) is 19.1. The van der Waals surface area contributed by atoms with Crippen molar-refractivity contribution >= 4 is 21.8 Å². The third-order valence-electron chi connectivity index (χ3n) is 7.52. The number of hydrogen-bond acceptors (Lipinski definition) is 2. The van der Waals surface area contributed by atoms with Gasteiger partial charge >= 0.3 is 0 Å². The molecule has 0 aliphatic rings. The summed E-state index contributed by atoms with van der Waals surface area (Å²) in [5.74, 6) is 1.67. The van der Waals surface area contributed by atoms with Crippen molar-refractivity contribution in [2.45, 2.75) is 20.8 Å².